The lowest BCUT2D eigenvalue weighted by atomic mass is 9.83. The van der Waals surface area contributed by atoms with Crippen LogP contribution >= 0.6 is 11.6 Å². The first kappa shape index (κ1) is 12.6. The molecule has 1 heterocycles. The van der Waals surface area contributed by atoms with E-state index in [-0.39, 0.29) is 0 Å². The first-order valence-corrected chi connectivity index (χ1v) is 7.24. The summed E-state index contributed by atoms with van der Waals surface area (Å²) in [6.45, 7) is 2.10. The number of halogens is 1. The molecule has 0 saturated heterocycles. The van der Waals surface area contributed by atoms with Gasteiger partial charge in [0.25, 0.3) is 0 Å². The van der Waals surface area contributed by atoms with Crippen molar-refractivity contribution in [3.05, 3.63) is 58.1 Å². The monoisotopic (exact) mass is 272 g/mol. The first-order valence-electron chi connectivity index (χ1n) is 6.86. The van der Waals surface area contributed by atoms with Crippen LogP contribution in [-0.4, -0.2) is 9.97 Å². The Morgan fingerprint density at radius 3 is 2.79 bits per heavy atom. The second-order valence-corrected chi connectivity index (χ2v) is 5.49. The predicted molar refractivity (Wildman–Crippen MR) is 77.6 cm³/mol. The van der Waals surface area contributed by atoms with Gasteiger partial charge in [-0.05, 0) is 42.9 Å². The van der Waals surface area contributed by atoms with E-state index >= 15 is 0 Å². The third-order valence-corrected chi connectivity index (χ3v) is 4.03. The Morgan fingerprint density at radius 2 is 2.00 bits per heavy atom. The Bertz CT molecular complexity index is 595. The minimum atomic E-state index is 0.402. The molecule has 0 N–H and O–H groups in total. The zero-order valence-electron chi connectivity index (χ0n) is 11.1. The summed E-state index contributed by atoms with van der Waals surface area (Å²) in [5.41, 5.74) is 3.94. The summed E-state index contributed by atoms with van der Waals surface area (Å²) in [4.78, 5) is 9.09. The Morgan fingerprint density at radius 1 is 1.21 bits per heavy atom. The largest absolute Gasteiger partial charge is 0.238 e. The lowest BCUT2D eigenvalue weighted by molar-refractivity contribution is 0.552. The van der Waals surface area contributed by atoms with Crippen LogP contribution in [0.2, 0.25) is 5.15 Å². The molecule has 0 radical (unpaired) electrons. The molecule has 2 nitrogen and oxygen atoms in total. The summed E-state index contributed by atoms with van der Waals surface area (Å²) in [5, 5.41) is 0.570. The Hall–Kier alpha value is -1.41. The zero-order valence-corrected chi connectivity index (χ0v) is 11.8. The molecular weight excluding hydrogens is 256 g/mol. The number of aromatic nitrogens is 2. The van der Waals surface area contributed by atoms with E-state index in [1.807, 2.05) is 6.07 Å². The maximum absolute atomic E-state index is 6.10. The third kappa shape index (κ3) is 2.64. The van der Waals surface area contributed by atoms with Gasteiger partial charge >= 0.3 is 0 Å². The van der Waals surface area contributed by atoms with Crippen LogP contribution < -0.4 is 0 Å². The Labute approximate surface area is 118 Å². The highest BCUT2D eigenvalue weighted by atomic mass is 35.5. The smallest absolute Gasteiger partial charge is 0.133 e. The van der Waals surface area contributed by atoms with E-state index in [0.29, 0.717) is 11.1 Å². The van der Waals surface area contributed by atoms with Gasteiger partial charge in [0.1, 0.15) is 11.0 Å². The molecule has 3 heteroatoms. The fourth-order valence-corrected chi connectivity index (χ4v) is 2.98. The summed E-state index contributed by atoms with van der Waals surface area (Å²) in [6, 6.07) is 10.5. The van der Waals surface area contributed by atoms with Crippen molar-refractivity contribution in [3.63, 3.8) is 0 Å². The van der Waals surface area contributed by atoms with Crippen LogP contribution in [0.25, 0.3) is 0 Å². The zero-order chi connectivity index (χ0) is 13.2. The van der Waals surface area contributed by atoms with Crippen molar-refractivity contribution >= 4 is 11.6 Å². The molecule has 0 fully saturated rings. The Kier molecular flexibility index (Phi) is 3.52. The quantitative estimate of drug-likeness (QED) is 0.773. The van der Waals surface area contributed by atoms with Gasteiger partial charge in [0.15, 0.2) is 0 Å². The van der Waals surface area contributed by atoms with Crippen molar-refractivity contribution in [2.24, 2.45) is 0 Å². The normalized spacial score (nSPS) is 18.1. The molecule has 1 atom stereocenters. The van der Waals surface area contributed by atoms with Gasteiger partial charge in [0, 0.05) is 11.6 Å². The summed E-state index contributed by atoms with van der Waals surface area (Å²) >= 11 is 6.10. The third-order valence-electron chi connectivity index (χ3n) is 3.84. The average Bonchev–Trinajstić information content (AvgIpc) is 2.46. The average molecular weight is 273 g/mol. The highest BCUT2D eigenvalue weighted by Gasteiger charge is 2.22. The van der Waals surface area contributed by atoms with E-state index in [0.717, 1.165) is 37.2 Å². The van der Waals surface area contributed by atoms with Gasteiger partial charge in [-0.15, -0.1) is 0 Å². The molecule has 98 valence electrons. The minimum absolute atomic E-state index is 0.402. The van der Waals surface area contributed by atoms with Crippen molar-refractivity contribution in [1.29, 1.82) is 0 Å². The van der Waals surface area contributed by atoms with Gasteiger partial charge < -0.3 is 0 Å². The lowest BCUT2D eigenvalue weighted by Crippen LogP contribution is -2.16. The molecule has 3 rings (SSSR count). The second-order valence-electron chi connectivity index (χ2n) is 5.10. The van der Waals surface area contributed by atoms with E-state index in [1.165, 1.54) is 11.1 Å². The molecular formula is C16H17ClN2. The molecule has 1 aromatic heterocycles. The van der Waals surface area contributed by atoms with Gasteiger partial charge in [-0.2, -0.15) is 0 Å². The summed E-state index contributed by atoms with van der Waals surface area (Å²) in [6.07, 6.45) is 4.15. The van der Waals surface area contributed by atoms with E-state index in [9.17, 15) is 0 Å². The van der Waals surface area contributed by atoms with Crippen LogP contribution in [0.1, 0.15) is 41.9 Å². The molecule has 0 amide bonds. The number of fused-ring (bicyclic) bond motifs is 1. The number of hydrogen-bond donors (Lipinski definition) is 0. The van der Waals surface area contributed by atoms with E-state index < -0.39 is 0 Å². The lowest BCUT2D eigenvalue weighted by Gasteiger charge is -2.23. The second kappa shape index (κ2) is 5.30. The van der Waals surface area contributed by atoms with Crippen LogP contribution in [0.3, 0.4) is 0 Å². The van der Waals surface area contributed by atoms with Gasteiger partial charge in [-0.1, -0.05) is 42.8 Å². The van der Waals surface area contributed by atoms with E-state index in [1.54, 1.807) is 0 Å². The molecule has 0 spiro atoms. The minimum Gasteiger partial charge on any atom is -0.238 e. The van der Waals surface area contributed by atoms with Gasteiger partial charge in [-0.3, -0.25) is 0 Å². The van der Waals surface area contributed by atoms with Crippen LogP contribution in [-0.2, 0) is 19.3 Å². The van der Waals surface area contributed by atoms with Crippen molar-refractivity contribution < 1.29 is 0 Å². The van der Waals surface area contributed by atoms with Gasteiger partial charge in [0.05, 0.1) is 0 Å². The maximum atomic E-state index is 6.10. The van der Waals surface area contributed by atoms with Crippen LogP contribution in [0.5, 0.6) is 0 Å². The topological polar surface area (TPSA) is 25.8 Å². The van der Waals surface area contributed by atoms with Crippen molar-refractivity contribution in [1.82, 2.24) is 9.97 Å². The molecule has 1 aliphatic carbocycles. The molecule has 0 saturated carbocycles. The van der Waals surface area contributed by atoms with E-state index in [2.05, 4.69) is 41.2 Å². The van der Waals surface area contributed by atoms with Crippen LogP contribution in [0.4, 0.5) is 0 Å². The highest BCUT2D eigenvalue weighted by molar-refractivity contribution is 6.29. The molecule has 1 aromatic carbocycles. The molecule has 19 heavy (non-hydrogen) atoms. The number of nitrogens with zero attached hydrogens (tertiary/aromatic N) is 2. The standard InChI is InChI=1S/C16H17ClN2/c1-2-14-10-15(17)19-16(18-14)13-8-7-11-5-3-4-6-12(11)9-13/h3-6,10,13H,2,7-9H2,1H3. The SMILES string of the molecule is CCc1cc(Cl)nc(C2CCc3ccccc3C2)n1. The summed E-state index contributed by atoms with van der Waals surface area (Å²) in [7, 11) is 0. The molecule has 1 unspecified atom stereocenters. The number of benzene rings is 1. The van der Waals surface area contributed by atoms with Crippen molar-refractivity contribution in [2.75, 3.05) is 0 Å². The highest BCUT2D eigenvalue weighted by Crippen LogP contribution is 2.31. The Balaban J connectivity index is 1.90. The summed E-state index contributed by atoms with van der Waals surface area (Å²) in [5.74, 6) is 1.32. The van der Waals surface area contributed by atoms with E-state index in [4.69, 9.17) is 11.6 Å². The number of hydrogen-bond acceptors (Lipinski definition) is 2. The maximum Gasteiger partial charge on any atom is 0.133 e. The number of aryl methyl sites for hydroxylation is 2. The van der Waals surface area contributed by atoms with Gasteiger partial charge in [-0.25, -0.2) is 9.97 Å². The fourth-order valence-electron chi connectivity index (χ4n) is 2.77. The molecule has 2 aromatic rings. The van der Waals surface area contributed by atoms with Crippen molar-refractivity contribution in [2.45, 2.75) is 38.5 Å². The van der Waals surface area contributed by atoms with Crippen LogP contribution in [0, 0.1) is 0 Å². The van der Waals surface area contributed by atoms with Crippen LogP contribution in [0.15, 0.2) is 30.3 Å². The molecule has 0 aliphatic heterocycles. The fraction of sp³-hybridized carbons (Fsp3) is 0.375. The number of rotatable bonds is 2. The molecule has 0 bridgehead atoms. The van der Waals surface area contributed by atoms with Gasteiger partial charge in [0.2, 0.25) is 0 Å². The first-order chi connectivity index (χ1) is 9.26. The summed E-state index contributed by atoms with van der Waals surface area (Å²) < 4.78 is 0. The predicted octanol–water partition coefficient (Wildman–Crippen LogP) is 3.96. The molecule has 1 aliphatic rings. The van der Waals surface area contributed by atoms with Crippen molar-refractivity contribution in [3.8, 4) is 0 Å².